The Morgan fingerprint density at radius 3 is 2.06 bits per heavy atom. The number of benzene rings is 2. The molecule has 0 radical (unpaired) electrons. The largest absolute Gasteiger partial charge is 0.490 e. The number of nitrogens with zero attached hydrogens (tertiary/aromatic N) is 1. The Morgan fingerprint density at radius 2 is 1.61 bits per heavy atom. The third kappa shape index (κ3) is 4.63. The van der Waals surface area contributed by atoms with E-state index in [2.05, 4.69) is 0 Å². The number of hydrogen-bond acceptors (Lipinski definition) is 6. The van der Waals surface area contributed by atoms with Crippen molar-refractivity contribution in [3.8, 4) is 5.75 Å². The summed E-state index contributed by atoms with van der Waals surface area (Å²) in [5, 5.41) is 11.1. The van der Waals surface area contributed by atoms with Gasteiger partial charge in [0, 0.05) is 6.07 Å². The molecule has 0 atom stereocenters. The van der Waals surface area contributed by atoms with E-state index >= 15 is 0 Å². The summed E-state index contributed by atoms with van der Waals surface area (Å²) in [6.45, 7) is 0. The monoisotopic (exact) mass is 466 g/mol. The average molecular weight is 466 g/mol. The highest BCUT2D eigenvalue weighted by Gasteiger charge is 2.30. The van der Waals surface area contributed by atoms with Gasteiger partial charge in [0.05, 0.1) is 23.3 Å². The number of nitro groups is 1. The van der Waals surface area contributed by atoms with Gasteiger partial charge in [-0.1, -0.05) is 6.07 Å². The molecule has 1 amide bonds. The number of carbonyl (C=O) groups excluding carboxylic acids is 1. The maximum atomic E-state index is 13.9. The Morgan fingerprint density at radius 1 is 1.10 bits per heavy atom. The van der Waals surface area contributed by atoms with E-state index in [0.29, 0.717) is 0 Å². The lowest BCUT2D eigenvalue weighted by Crippen LogP contribution is -2.22. The van der Waals surface area contributed by atoms with E-state index in [1.165, 1.54) is 0 Å². The van der Waals surface area contributed by atoms with Crippen LogP contribution in [0.1, 0.15) is 11.1 Å². The lowest BCUT2D eigenvalue weighted by Gasteiger charge is -2.09. The second-order valence-electron chi connectivity index (χ2n) is 5.88. The lowest BCUT2D eigenvalue weighted by molar-refractivity contribution is -0.385. The van der Waals surface area contributed by atoms with Gasteiger partial charge in [0.1, 0.15) is 4.91 Å². The molecule has 0 bridgehead atoms. The first-order chi connectivity index (χ1) is 14.3. The second-order valence-corrected chi connectivity index (χ2v) is 7.84. The molecular weight excluding hydrogens is 455 g/mol. The van der Waals surface area contributed by atoms with Gasteiger partial charge in [-0.25, -0.2) is 30.4 Å². The standard InChI is InChI=1S/C17H11F5N2O6S/c1-30-10-3-2-7(4-9(10)24(26)27)6-31(28,29)11(17(23)25)5-8-12(18)14(20)16(22)15(21)13(8)19/h2-5H,6H2,1H3,(H2,23,25). The zero-order valence-electron chi connectivity index (χ0n) is 15.3. The summed E-state index contributed by atoms with van der Waals surface area (Å²) in [5.41, 5.74) is 2.36. The Kier molecular flexibility index (Phi) is 6.64. The molecule has 0 saturated carbocycles. The highest BCUT2D eigenvalue weighted by molar-refractivity contribution is 7.95. The highest BCUT2D eigenvalue weighted by atomic mass is 32.2. The molecule has 0 aliphatic rings. The molecule has 166 valence electrons. The number of sulfone groups is 1. The van der Waals surface area contributed by atoms with Crippen molar-refractivity contribution in [1.82, 2.24) is 0 Å². The van der Waals surface area contributed by atoms with Gasteiger partial charge in [0.15, 0.2) is 38.9 Å². The SMILES string of the molecule is COc1ccc(CS(=O)(=O)C(=Cc2c(F)c(F)c(F)c(F)c2F)C(N)=O)cc1[N+](=O)[O-]. The molecule has 0 heterocycles. The van der Waals surface area contributed by atoms with Crippen LogP contribution in [0.15, 0.2) is 23.1 Å². The van der Waals surface area contributed by atoms with Crippen molar-refractivity contribution in [2.45, 2.75) is 5.75 Å². The molecule has 14 heteroatoms. The fourth-order valence-corrected chi connectivity index (χ4v) is 3.84. The maximum Gasteiger partial charge on any atom is 0.311 e. The summed E-state index contributed by atoms with van der Waals surface area (Å²) in [6.07, 6.45) is -0.0914. The average Bonchev–Trinajstić information content (AvgIpc) is 2.69. The van der Waals surface area contributed by atoms with Crippen molar-refractivity contribution in [2.24, 2.45) is 5.73 Å². The van der Waals surface area contributed by atoms with Crippen molar-refractivity contribution in [3.63, 3.8) is 0 Å². The van der Waals surface area contributed by atoms with Gasteiger partial charge in [-0.15, -0.1) is 0 Å². The third-order valence-corrected chi connectivity index (χ3v) is 5.60. The summed E-state index contributed by atoms with van der Waals surface area (Å²) in [5.74, 6) is -15.1. The minimum atomic E-state index is -4.85. The van der Waals surface area contributed by atoms with E-state index in [4.69, 9.17) is 10.5 Å². The molecule has 31 heavy (non-hydrogen) atoms. The van der Waals surface area contributed by atoms with Gasteiger partial charge < -0.3 is 10.5 Å². The third-order valence-electron chi connectivity index (χ3n) is 3.89. The van der Waals surface area contributed by atoms with E-state index in [1.807, 2.05) is 0 Å². The fourth-order valence-electron chi connectivity index (χ4n) is 2.46. The molecule has 2 aromatic carbocycles. The van der Waals surface area contributed by atoms with E-state index < -0.39 is 71.7 Å². The number of ether oxygens (including phenoxy) is 1. The molecule has 0 aromatic heterocycles. The minimum Gasteiger partial charge on any atom is -0.490 e. The molecule has 0 aliphatic carbocycles. The van der Waals surface area contributed by atoms with Crippen LogP contribution in [0, 0.1) is 39.2 Å². The maximum absolute atomic E-state index is 13.9. The molecule has 8 nitrogen and oxygen atoms in total. The number of hydrogen-bond donors (Lipinski definition) is 1. The summed E-state index contributed by atoms with van der Waals surface area (Å²) >= 11 is 0. The number of rotatable bonds is 7. The first-order valence-corrected chi connectivity index (χ1v) is 9.54. The molecule has 0 unspecified atom stereocenters. The predicted molar refractivity (Wildman–Crippen MR) is 95.7 cm³/mol. The molecule has 2 N–H and O–H groups in total. The van der Waals surface area contributed by atoms with Gasteiger partial charge >= 0.3 is 5.69 Å². The zero-order chi connectivity index (χ0) is 23.7. The Hall–Kier alpha value is -3.55. The predicted octanol–water partition coefficient (Wildman–Crippen LogP) is 2.74. The molecule has 0 spiro atoms. The van der Waals surface area contributed by atoms with Crippen LogP contribution in [0.4, 0.5) is 27.6 Å². The summed E-state index contributed by atoms with van der Waals surface area (Å²) in [7, 11) is -3.73. The molecule has 0 saturated heterocycles. The number of nitro benzene ring substituents is 1. The number of carbonyl (C=O) groups is 1. The Balaban J connectivity index is 2.62. The van der Waals surface area contributed by atoms with E-state index in [0.717, 1.165) is 25.3 Å². The number of nitrogens with two attached hydrogens (primary N) is 1. The van der Waals surface area contributed by atoms with E-state index in [1.54, 1.807) is 0 Å². The number of primary amides is 1. The topological polar surface area (TPSA) is 130 Å². The van der Waals surface area contributed by atoms with Crippen molar-refractivity contribution < 1.29 is 44.8 Å². The minimum absolute atomic E-state index is 0.0914. The Labute approximate surface area is 170 Å². The quantitative estimate of drug-likeness (QED) is 0.167. The van der Waals surface area contributed by atoms with Crippen LogP contribution in [-0.4, -0.2) is 26.4 Å². The zero-order valence-corrected chi connectivity index (χ0v) is 16.1. The van der Waals surface area contributed by atoms with Gasteiger partial charge in [-0.2, -0.15) is 0 Å². The van der Waals surface area contributed by atoms with Crippen LogP contribution in [-0.2, 0) is 20.4 Å². The number of amides is 1. The Bertz CT molecular complexity index is 1200. The van der Waals surface area contributed by atoms with Crippen molar-refractivity contribution in [2.75, 3.05) is 7.11 Å². The second kappa shape index (κ2) is 8.67. The van der Waals surface area contributed by atoms with Gasteiger partial charge in [0.2, 0.25) is 5.82 Å². The van der Waals surface area contributed by atoms with Gasteiger partial charge in [-0.3, -0.25) is 14.9 Å². The summed E-state index contributed by atoms with van der Waals surface area (Å²) in [4.78, 5) is 20.3. The van der Waals surface area contributed by atoms with Crippen LogP contribution >= 0.6 is 0 Å². The normalized spacial score (nSPS) is 12.0. The van der Waals surface area contributed by atoms with Gasteiger partial charge in [0.25, 0.3) is 5.91 Å². The summed E-state index contributed by atoms with van der Waals surface area (Å²) < 4.78 is 97.5. The van der Waals surface area contributed by atoms with Crippen LogP contribution in [0.25, 0.3) is 6.08 Å². The van der Waals surface area contributed by atoms with E-state index in [9.17, 15) is 45.3 Å². The highest BCUT2D eigenvalue weighted by Crippen LogP contribution is 2.30. The molecule has 2 rings (SSSR count). The lowest BCUT2D eigenvalue weighted by atomic mass is 10.1. The van der Waals surface area contributed by atoms with Crippen LogP contribution in [0.2, 0.25) is 0 Å². The van der Waals surface area contributed by atoms with Gasteiger partial charge in [-0.05, 0) is 17.7 Å². The molecular formula is C17H11F5N2O6S. The molecule has 0 aliphatic heterocycles. The van der Waals surface area contributed by atoms with Crippen LogP contribution < -0.4 is 10.5 Å². The number of methoxy groups -OCH3 is 1. The fraction of sp³-hybridized carbons (Fsp3) is 0.118. The molecule has 0 fully saturated rings. The number of halogens is 5. The smallest absolute Gasteiger partial charge is 0.311 e. The van der Waals surface area contributed by atoms with Crippen molar-refractivity contribution >= 4 is 27.5 Å². The first kappa shape index (κ1) is 23.7. The van der Waals surface area contributed by atoms with Crippen molar-refractivity contribution in [1.29, 1.82) is 0 Å². The first-order valence-electron chi connectivity index (χ1n) is 7.88. The summed E-state index contributed by atoms with van der Waals surface area (Å²) in [6, 6.07) is 2.94. The van der Waals surface area contributed by atoms with Crippen LogP contribution in [0.5, 0.6) is 5.75 Å². The van der Waals surface area contributed by atoms with E-state index in [-0.39, 0.29) is 17.4 Å². The van der Waals surface area contributed by atoms with Crippen LogP contribution in [0.3, 0.4) is 0 Å². The van der Waals surface area contributed by atoms with Crippen molar-refractivity contribution in [3.05, 3.63) is 73.4 Å². The molecule has 2 aromatic rings.